The van der Waals surface area contributed by atoms with E-state index in [0.29, 0.717) is 25.3 Å². The highest BCUT2D eigenvalue weighted by Crippen LogP contribution is 2.55. The van der Waals surface area contributed by atoms with Crippen molar-refractivity contribution in [2.45, 2.75) is 81.2 Å². The number of carbonyl (C=O) groups excluding carboxylic acids is 2. The Balaban J connectivity index is 1.45. The Bertz CT molecular complexity index is 795. The number of carbonyl (C=O) groups is 2. The highest BCUT2D eigenvalue weighted by Gasteiger charge is 2.69. The van der Waals surface area contributed by atoms with Gasteiger partial charge >= 0.3 is 0 Å². The Kier molecular flexibility index (Phi) is 6.19. The quantitative estimate of drug-likeness (QED) is 0.593. The number of methoxy groups -OCH3 is 2. The molecule has 6 nitrogen and oxygen atoms in total. The number of rotatable bonds is 4. The van der Waals surface area contributed by atoms with Crippen molar-refractivity contribution in [3.63, 3.8) is 0 Å². The van der Waals surface area contributed by atoms with E-state index in [9.17, 15) is 9.59 Å². The summed E-state index contributed by atoms with van der Waals surface area (Å²) in [5, 5.41) is -0.420. The lowest BCUT2D eigenvalue weighted by molar-refractivity contribution is -0.158. The van der Waals surface area contributed by atoms with Crippen LogP contribution < -0.4 is 0 Å². The molecule has 2 aliphatic heterocycles. The number of nitrogens with zero attached hydrogens (tertiary/aromatic N) is 1. The van der Waals surface area contributed by atoms with Crippen LogP contribution in [0.15, 0.2) is 11.8 Å². The first-order valence-electron chi connectivity index (χ1n) is 12.3. The van der Waals surface area contributed by atoms with Crippen LogP contribution >= 0.6 is 11.6 Å². The molecule has 0 aromatic rings. The number of alkyl halides is 1. The van der Waals surface area contributed by atoms with Gasteiger partial charge in [-0.3, -0.25) is 9.59 Å². The van der Waals surface area contributed by atoms with Gasteiger partial charge in [0.15, 0.2) is 11.6 Å². The van der Waals surface area contributed by atoms with Crippen molar-refractivity contribution in [3.8, 4) is 0 Å². The monoisotopic (exact) mass is 465 g/mol. The van der Waals surface area contributed by atoms with Gasteiger partial charge in [-0.05, 0) is 18.8 Å². The molecule has 0 aromatic heterocycles. The van der Waals surface area contributed by atoms with Crippen LogP contribution in [-0.4, -0.2) is 73.1 Å². The Labute approximate surface area is 196 Å². The fraction of sp³-hybridized carbons (Fsp3) is 0.840. The lowest BCUT2D eigenvalue weighted by Crippen LogP contribution is -2.57. The summed E-state index contributed by atoms with van der Waals surface area (Å²) in [6, 6.07) is 0. The Morgan fingerprint density at radius 2 is 1.88 bits per heavy atom. The van der Waals surface area contributed by atoms with Crippen LogP contribution in [0.5, 0.6) is 0 Å². The first kappa shape index (κ1) is 22.8. The number of ether oxygens (including phenoxy) is 3. The molecular weight excluding hydrogens is 430 g/mol. The van der Waals surface area contributed by atoms with E-state index in [2.05, 4.69) is 4.90 Å². The zero-order chi connectivity index (χ0) is 22.6. The van der Waals surface area contributed by atoms with Crippen LogP contribution in [0, 0.1) is 23.7 Å². The van der Waals surface area contributed by atoms with Crippen molar-refractivity contribution in [3.05, 3.63) is 11.8 Å². The van der Waals surface area contributed by atoms with Gasteiger partial charge in [-0.2, -0.15) is 0 Å². The standard InChI is InChI=1S/C25H36ClNO5/c1-14-9-18(28)16-12-27(11-15-7-5-4-6-8-15)13-17(16)25(14)24(29)21-19(30-2)10-20(31-3)22(26)23(21)32-25/h12,14-15,17,19-23H,4-11,13H2,1-3H3/t14-,17?,19?,20?,21?,22?,23?,25+/m1/s1. The highest BCUT2D eigenvalue weighted by molar-refractivity contribution is 6.22. The van der Waals surface area contributed by atoms with Crippen molar-refractivity contribution in [2.75, 3.05) is 27.3 Å². The van der Waals surface area contributed by atoms with E-state index in [4.69, 9.17) is 25.8 Å². The molecule has 0 radical (unpaired) electrons. The molecule has 4 fully saturated rings. The smallest absolute Gasteiger partial charge is 0.173 e. The first-order valence-corrected chi connectivity index (χ1v) is 12.7. The summed E-state index contributed by atoms with van der Waals surface area (Å²) >= 11 is 6.80. The molecule has 2 heterocycles. The fourth-order valence-corrected chi connectivity index (χ4v) is 7.65. The van der Waals surface area contributed by atoms with Crippen molar-refractivity contribution in [2.24, 2.45) is 23.7 Å². The average Bonchev–Trinajstić information content (AvgIpc) is 3.35. The van der Waals surface area contributed by atoms with E-state index < -0.39 is 23.0 Å². The normalized spacial score (nSPS) is 44.7. The van der Waals surface area contributed by atoms with Crippen LogP contribution in [0.4, 0.5) is 0 Å². The molecule has 5 aliphatic rings. The van der Waals surface area contributed by atoms with Crippen LogP contribution in [0.3, 0.4) is 0 Å². The average molecular weight is 466 g/mol. The molecule has 7 heteroatoms. The molecule has 0 aromatic carbocycles. The van der Waals surface area contributed by atoms with Crippen molar-refractivity contribution < 1.29 is 23.8 Å². The molecule has 6 unspecified atom stereocenters. The molecule has 3 aliphatic carbocycles. The van der Waals surface area contributed by atoms with Crippen LogP contribution in [0.25, 0.3) is 0 Å². The van der Waals surface area contributed by atoms with E-state index >= 15 is 0 Å². The number of halogens is 1. The summed E-state index contributed by atoms with van der Waals surface area (Å²) in [6.45, 7) is 3.63. The predicted molar refractivity (Wildman–Crippen MR) is 120 cm³/mol. The van der Waals surface area contributed by atoms with E-state index in [0.717, 1.165) is 12.1 Å². The maximum Gasteiger partial charge on any atom is 0.173 e. The van der Waals surface area contributed by atoms with Gasteiger partial charge in [0, 0.05) is 63.8 Å². The number of hydrogen-bond acceptors (Lipinski definition) is 6. The molecule has 5 rings (SSSR count). The molecule has 0 amide bonds. The third-order valence-electron chi connectivity index (χ3n) is 8.91. The second kappa shape index (κ2) is 8.68. The molecule has 0 N–H and O–H groups in total. The summed E-state index contributed by atoms with van der Waals surface area (Å²) in [7, 11) is 3.28. The van der Waals surface area contributed by atoms with E-state index in [1.54, 1.807) is 14.2 Å². The van der Waals surface area contributed by atoms with Crippen LogP contribution in [0.2, 0.25) is 0 Å². The largest absolute Gasteiger partial charge is 0.380 e. The zero-order valence-electron chi connectivity index (χ0n) is 19.4. The lowest BCUT2D eigenvalue weighted by atomic mass is 9.63. The second-order valence-corrected chi connectivity index (χ2v) is 11.1. The fourth-order valence-electron chi connectivity index (χ4n) is 7.23. The Hall–Kier alpha value is -0.950. The minimum Gasteiger partial charge on any atom is -0.380 e. The molecule has 1 spiro atoms. The summed E-state index contributed by atoms with van der Waals surface area (Å²) < 4.78 is 18.1. The molecule has 178 valence electrons. The van der Waals surface area contributed by atoms with Crippen molar-refractivity contribution in [1.29, 1.82) is 0 Å². The van der Waals surface area contributed by atoms with Gasteiger partial charge in [0.1, 0.15) is 5.60 Å². The number of ketones is 2. The summed E-state index contributed by atoms with van der Waals surface area (Å²) in [4.78, 5) is 29.4. The molecule has 3 saturated carbocycles. The molecular formula is C25H36ClNO5. The topological polar surface area (TPSA) is 65.1 Å². The van der Waals surface area contributed by atoms with Gasteiger partial charge in [0.2, 0.25) is 0 Å². The van der Waals surface area contributed by atoms with Crippen molar-refractivity contribution >= 4 is 23.2 Å². The Morgan fingerprint density at radius 1 is 1.16 bits per heavy atom. The molecule has 1 saturated heterocycles. The van der Waals surface area contributed by atoms with Crippen LogP contribution in [-0.2, 0) is 23.8 Å². The maximum atomic E-state index is 14.1. The van der Waals surface area contributed by atoms with Gasteiger partial charge in [-0.25, -0.2) is 0 Å². The minimum absolute atomic E-state index is 0.0740. The minimum atomic E-state index is -1.01. The third kappa shape index (κ3) is 3.40. The zero-order valence-corrected chi connectivity index (χ0v) is 20.2. The van der Waals surface area contributed by atoms with E-state index in [1.165, 1.54) is 32.1 Å². The summed E-state index contributed by atoms with van der Waals surface area (Å²) in [5.74, 6) is 0.0591. The predicted octanol–water partition coefficient (Wildman–Crippen LogP) is 3.36. The highest BCUT2D eigenvalue weighted by atomic mass is 35.5. The number of Topliss-reactive ketones (excluding diaryl/α,β-unsaturated/α-hetero) is 2. The van der Waals surface area contributed by atoms with Gasteiger partial charge in [0.25, 0.3) is 0 Å². The maximum absolute atomic E-state index is 14.1. The molecule has 32 heavy (non-hydrogen) atoms. The molecule has 0 bridgehead atoms. The first-order chi connectivity index (χ1) is 15.4. The van der Waals surface area contributed by atoms with Crippen molar-refractivity contribution in [1.82, 2.24) is 4.90 Å². The van der Waals surface area contributed by atoms with Gasteiger partial charge in [-0.15, -0.1) is 11.6 Å². The van der Waals surface area contributed by atoms with E-state index in [1.807, 2.05) is 13.1 Å². The Morgan fingerprint density at radius 3 is 2.56 bits per heavy atom. The summed E-state index contributed by atoms with van der Waals surface area (Å²) in [6.07, 6.45) is 8.38. The lowest BCUT2D eigenvalue weighted by Gasteiger charge is -2.43. The van der Waals surface area contributed by atoms with Gasteiger partial charge in [0.05, 0.1) is 29.6 Å². The van der Waals surface area contributed by atoms with Gasteiger partial charge < -0.3 is 19.1 Å². The SMILES string of the molecule is COC1CC(OC)C2C(=O)[C@@]3(OC2C1Cl)C1CN(CC2CCCCC2)C=C1C(=O)C[C@H]3C. The molecule has 8 atom stereocenters. The number of fused-ring (bicyclic) bond motifs is 3. The second-order valence-electron chi connectivity index (χ2n) is 10.6. The third-order valence-corrected chi connectivity index (χ3v) is 9.44. The summed E-state index contributed by atoms with van der Waals surface area (Å²) in [5.41, 5.74) is -0.238. The van der Waals surface area contributed by atoms with Crippen LogP contribution in [0.1, 0.15) is 51.9 Å². The van der Waals surface area contributed by atoms with E-state index in [-0.39, 0.29) is 35.6 Å². The number of hydrogen-bond donors (Lipinski definition) is 0. The van der Waals surface area contributed by atoms with Gasteiger partial charge in [-0.1, -0.05) is 26.2 Å².